The topological polar surface area (TPSA) is 58.1 Å². The fourth-order valence-corrected chi connectivity index (χ4v) is 2.18. The maximum atomic E-state index is 11.8. The van der Waals surface area contributed by atoms with Gasteiger partial charge in [-0.3, -0.25) is 4.79 Å². The molecule has 1 saturated heterocycles. The Morgan fingerprint density at radius 1 is 1.47 bits per heavy atom. The zero-order valence-electron chi connectivity index (χ0n) is 10.1. The molecular weight excluding hydrogens is 240 g/mol. The minimum absolute atomic E-state index is 0.00358. The van der Waals surface area contributed by atoms with Gasteiger partial charge in [-0.2, -0.15) is 0 Å². The third-order valence-electron chi connectivity index (χ3n) is 2.94. The van der Waals surface area contributed by atoms with Gasteiger partial charge in [0.05, 0.1) is 0 Å². The van der Waals surface area contributed by atoms with E-state index in [9.17, 15) is 4.79 Å². The molecule has 0 radical (unpaired) electrons. The van der Waals surface area contributed by atoms with E-state index in [-0.39, 0.29) is 11.2 Å². The average Bonchev–Trinajstić information content (AvgIpc) is 2.20. The Morgan fingerprint density at radius 2 is 2.18 bits per heavy atom. The number of hydrogen-bond donors (Lipinski definition) is 1. The lowest BCUT2D eigenvalue weighted by Gasteiger charge is -2.42. The highest BCUT2D eigenvalue weighted by Gasteiger charge is 2.38. The molecule has 0 atom stereocenters. The van der Waals surface area contributed by atoms with Crippen LogP contribution in [0, 0.1) is 6.92 Å². The molecule has 92 valence electrons. The lowest BCUT2D eigenvalue weighted by atomic mass is 9.99. The molecule has 1 amide bonds. The van der Waals surface area contributed by atoms with Crippen molar-refractivity contribution < 1.29 is 4.79 Å². The lowest BCUT2D eigenvalue weighted by Crippen LogP contribution is -2.62. The van der Waals surface area contributed by atoms with Crippen molar-refractivity contribution >= 4 is 23.3 Å². The van der Waals surface area contributed by atoms with Crippen LogP contribution in [0.2, 0.25) is 5.28 Å². The highest BCUT2D eigenvalue weighted by molar-refractivity contribution is 6.28. The van der Waals surface area contributed by atoms with Crippen molar-refractivity contribution in [3.8, 4) is 0 Å². The van der Waals surface area contributed by atoms with Crippen LogP contribution in [0.25, 0.3) is 0 Å². The van der Waals surface area contributed by atoms with Gasteiger partial charge in [0.1, 0.15) is 11.4 Å². The summed E-state index contributed by atoms with van der Waals surface area (Å²) in [6.45, 7) is 6.92. The third kappa shape index (κ3) is 2.20. The first kappa shape index (κ1) is 12.1. The summed E-state index contributed by atoms with van der Waals surface area (Å²) in [6.07, 6.45) is 0. The summed E-state index contributed by atoms with van der Waals surface area (Å²) in [6, 6.07) is 1.84. The summed E-state index contributed by atoms with van der Waals surface area (Å²) in [5, 5.41) is 3.05. The number of piperazine rings is 1. The molecule has 1 N–H and O–H groups in total. The van der Waals surface area contributed by atoms with Crippen molar-refractivity contribution in [3.63, 3.8) is 0 Å². The van der Waals surface area contributed by atoms with Gasteiger partial charge in [0.25, 0.3) is 0 Å². The standard InChI is InChI=1S/C11H15ClN4O/c1-7-6-8(15-10(12)14-7)16-5-4-13-9(17)11(16,2)3/h6H,4-5H2,1-3H3,(H,13,17). The molecule has 17 heavy (non-hydrogen) atoms. The zero-order chi connectivity index (χ0) is 12.6. The van der Waals surface area contributed by atoms with Gasteiger partial charge in [0.15, 0.2) is 0 Å². The molecule has 0 saturated carbocycles. The van der Waals surface area contributed by atoms with Crippen molar-refractivity contribution in [1.29, 1.82) is 0 Å². The van der Waals surface area contributed by atoms with E-state index in [0.29, 0.717) is 18.9 Å². The Bertz CT molecular complexity index is 441. The number of amides is 1. The Morgan fingerprint density at radius 3 is 2.82 bits per heavy atom. The van der Waals surface area contributed by atoms with Crippen LogP contribution in [0.15, 0.2) is 6.07 Å². The molecular formula is C11H15ClN4O. The van der Waals surface area contributed by atoms with E-state index < -0.39 is 5.54 Å². The summed E-state index contributed by atoms with van der Waals surface area (Å²) in [7, 11) is 0. The first-order valence-corrected chi connectivity index (χ1v) is 5.86. The Labute approximate surface area is 105 Å². The molecule has 2 heterocycles. The van der Waals surface area contributed by atoms with Crippen molar-refractivity contribution in [2.75, 3.05) is 18.0 Å². The van der Waals surface area contributed by atoms with Crippen LogP contribution < -0.4 is 10.2 Å². The SMILES string of the molecule is Cc1cc(N2CCNC(=O)C2(C)C)nc(Cl)n1. The van der Waals surface area contributed by atoms with Gasteiger partial charge in [-0.25, -0.2) is 9.97 Å². The molecule has 0 spiro atoms. The second kappa shape index (κ2) is 4.14. The average molecular weight is 255 g/mol. The molecule has 2 rings (SSSR count). The van der Waals surface area contributed by atoms with E-state index in [1.165, 1.54) is 0 Å². The summed E-state index contributed by atoms with van der Waals surface area (Å²) in [5.74, 6) is 0.693. The maximum absolute atomic E-state index is 11.8. The Balaban J connectivity index is 2.41. The van der Waals surface area contributed by atoms with E-state index in [0.717, 1.165) is 5.69 Å². The summed E-state index contributed by atoms with van der Waals surface area (Å²) >= 11 is 5.85. The lowest BCUT2D eigenvalue weighted by molar-refractivity contribution is -0.126. The molecule has 1 aromatic heterocycles. The second-order valence-electron chi connectivity index (χ2n) is 4.60. The predicted molar refractivity (Wildman–Crippen MR) is 66.2 cm³/mol. The van der Waals surface area contributed by atoms with Crippen LogP contribution in [0.5, 0.6) is 0 Å². The second-order valence-corrected chi connectivity index (χ2v) is 4.94. The molecule has 6 heteroatoms. The van der Waals surface area contributed by atoms with Crippen LogP contribution in [-0.4, -0.2) is 34.5 Å². The molecule has 0 bridgehead atoms. The van der Waals surface area contributed by atoms with Gasteiger partial charge < -0.3 is 10.2 Å². The van der Waals surface area contributed by atoms with Crippen LogP contribution in [0.3, 0.4) is 0 Å². The number of aryl methyl sites for hydroxylation is 1. The third-order valence-corrected chi connectivity index (χ3v) is 3.11. The van der Waals surface area contributed by atoms with E-state index in [4.69, 9.17) is 11.6 Å². The smallest absolute Gasteiger partial charge is 0.245 e. The molecule has 0 aromatic carbocycles. The molecule has 1 aliphatic heterocycles. The van der Waals surface area contributed by atoms with E-state index in [1.807, 2.05) is 31.7 Å². The Kier molecular flexibility index (Phi) is 2.95. The van der Waals surface area contributed by atoms with Gasteiger partial charge >= 0.3 is 0 Å². The number of nitrogens with one attached hydrogen (secondary N) is 1. The van der Waals surface area contributed by atoms with Crippen LogP contribution in [0.4, 0.5) is 5.82 Å². The Hall–Kier alpha value is -1.36. The quantitative estimate of drug-likeness (QED) is 0.764. The van der Waals surface area contributed by atoms with E-state index >= 15 is 0 Å². The summed E-state index contributed by atoms with van der Waals surface area (Å²) in [5.41, 5.74) is 0.171. The summed E-state index contributed by atoms with van der Waals surface area (Å²) < 4.78 is 0. The largest absolute Gasteiger partial charge is 0.352 e. The number of anilines is 1. The van der Waals surface area contributed by atoms with Gasteiger partial charge in [0, 0.05) is 24.8 Å². The fraction of sp³-hybridized carbons (Fsp3) is 0.545. The van der Waals surface area contributed by atoms with Crippen molar-refractivity contribution in [3.05, 3.63) is 17.0 Å². The number of halogens is 1. The monoisotopic (exact) mass is 254 g/mol. The normalized spacial score (nSPS) is 19.1. The van der Waals surface area contributed by atoms with Gasteiger partial charge in [-0.05, 0) is 32.4 Å². The van der Waals surface area contributed by atoms with E-state index in [2.05, 4.69) is 15.3 Å². The maximum Gasteiger partial charge on any atom is 0.245 e. The molecule has 1 aromatic rings. The van der Waals surface area contributed by atoms with Crippen LogP contribution in [-0.2, 0) is 4.79 Å². The van der Waals surface area contributed by atoms with Crippen molar-refractivity contribution in [1.82, 2.24) is 15.3 Å². The molecule has 1 aliphatic rings. The first-order chi connectivity index (χ1) is 7.91. The molecule has 1 fully saturated rings. The number of nitrogens with zero attached hydrogens (tertiary/aromatic N) is 3. The van der Waals surface area contributed by atoms with Crippen molar-refractivity contribution in [2.24, 2.45) is 0 Å². The molecule has 0 unspecified atom stereocenters. The fourth-order valence-electron chi connectivity index (χ4n) is 1.96. The van der Waals surface area contributed by atoms with Gasteiger partial charge in [-0.1, -0.05) is 0 Å². The minimum Gasteiger partial charge on any atom is -0.352 e. The number of rotatable bonds is 1. The zero-order valence-corrected chi connectivity index (χ0v) is 10.9. The van der Waals surface area contributed by atoms with Crippen LogP contribution in [0.1, 0.15) is 19.5 Å². The number of hydrogen-bond acceptors (Lipinski definition) is 4. The van der Waals surface area contributed by atoms with Gasteiger partial charge in [0.2, 0.25) is 11.2 Å². The molecule has 0 aliphatic carbocycles. The first-order valence-electron chi connectivity index (χ1n) is 5.48. The number of carbonyl (C=O) groups is 1. The molecule has 5 nitrogen and oxygen atoms in total. The number of carbonyl (C=O) groups excluding carboxylic acids is 1. The highest BCUT2D eigenvalue weighted by atomic mass is 35.5. The summed E-state index contributed by atoms with van der Waals surface area (Å²) in [4.78, 5) is 22.0. The van der Waals surface area contributed by atoms with E-state index in [1.54, 1.807) is 0 Å². The highest BCUT2D eigenvalue weighted by Crippen LogP contribution is 2.25. The number of aromatic nitrogens is 2. The van der Waals surface area contributed by atoms with Crippen LogP contribution >= 0.6 is 11.6 Å². The van der Waals surface area contributed by atoms with Crippen molar-refractivity contribution in [2.45, 2.75) is 26.3 Å². The minimum atomic E-state index is -0.623. The van der Waals surface area contributed by atoms with Gasteiger partial charge in [-0.15, -0.1) is 0 Å². The predicted octanol–water partition coefficient (Wildman–Crippen LogP) is 1.15.